The van der Waals surface area contributed by atoms with Crippen molar-refractivity contribution in [3.8, 4) is 0 Å². The maximum Gasteiger partial charge on any atom is 0.343 e. The summed E-state index contributed by atoms with van der Waals surface area (Å²) in [6.07, 6.45) is -1.95. The van der Waals surface area contributed by atoms with Crippen molar-refractivity contribution in [3.05, 3.63) is 45.7 Å². The highest BCUT2D eigenvalue weighted by Crippen LogP contribution is 2.22. The Morgan fingerprint density at radius 3 is 2.67 bits per heavy atom. The molecule has 0 radical (unpaired) electrons. The second kappa shape index (κ2) is 7.24. The van der Waals surface area contributed by atoms with Crippen LogP contribution in [0.25, 0.3) is 10.9 Å². The van der Waals surface area contributed by atoms with E-state index in [2.05, 4.69) is 4.98 Å². The minimum atomic E-state index is -1.40. The van der Waals surface area contributed by atoms with E-state index in [0.29, 0.717) is 5.52 Å². The molecule has 1 amide bonds. The van der Waals surface area contributed by atoms with Crippen molar-refractivity contribution in [2.24, 2.45) is 5.73 Å². The van der Waals surface area contributed by atoms with E-state index in [9.17, 15) is 24.6 Å². The zero-order valence-electron chi connectivity index (χ0n) is 13.0. The number of primary amides is 1. The molecule has 128 valence electrons. The molecule has 2 rings (SSSR count). The Kier molecular flexibility index (Phi) is 5.32. The van der Waals surface area contributed by atoms with Gasteiger partial charge in [-0.25, -0.2) is 4.79 Å². The number of fused-ring (bicyclic) bond motifs is 1. The van der Waals surface area contributed by atoms with E-state index in [1.54, 1.807) is 6.92 Å². The Balaban J connectivity index is 2.45. The fraction of sp³-hybridized carbons (Fsp3) is 0.312. The van der Waals surface area contributed by atoms with E-state index in [4.69, 9.17) is 10.5 Å². The number of amides is 1. The molecule has 1 aromatic heterocycles. The van der Waals surface area contributed by atoms with Crippen LogP contribution in [0.2, 0.25) is 0 Å². The lowest BCUT2D eigenvalue weighted by atomic mass is 9.99. The first kappa shape index (κ1) is 17.6. The standard InChI is InChI=1S/C16H18N2O6/c1-2-24-16(23)10-7-18-11-4-3-8(5-9(11)15(10)22)14(21)12(19)6-13(17)20/h3-5,7,12,14,19,21H,2,6H2,1H3,(H2,17,20)(H,18,22). The first-order valence-electron chi connectivity index (χ1n) is 7.32. The summed E-state index contributed by atoms with van der Waals surface area (Å²) < 4.78 is 4.82. The summed E-state index contributed by atoms with van der Waals surface area (Å²) in [6, 6.07) is 4.38. The van der Waals surface area contributed by atoms with E-state index in [1.807, 2.05) is 0 Å². The Hall–Kier alpha value is -2.71. The quantitative estimate of drug-likeness (QED) is 0.547. The minimum absolute atomic E-state index is 0.133. The molecule has 2 aromatic rings. The van der Waals surface area contributed by atoms with E-state index < -0.39 is 35.9 Å². The zero-order chi connectivity index (χ0) is 17.9. The van der Waals surface area contributed by atoms with E-state index in [1.165, 1.54) is 24.4 Å². The number of esters is 1. The number of carbonyl (C=O) groups is 2. The molecule has 0 aliphatic carbocycles. The predicted octanol–water partition coefficient (Wildman–Crippen LogP) is -0.0255. The van der Waals surface area contributed by atoms with Crippen LogP contribution in [0.1, 0.15) is 35.4 Å². The molecule has 0 aliphatic heterocycles. The van der Waals surface area contributed by atoms with Gasteiger partial charge in [0.15, 0.2) is 0 Å². The third kappa shape index (κ3) is 3.61. The van der Waals surface area contributed by atoms with Crippen molar-refractivity contribution in [2.75, 3.05) is 6.61 Å². The number of carbonyl (C=O) groups excluding carboxylic acids is 2. The number of rotatable bonds is 6. The average Bonchev–Trinajstić information content (AvgIpc) is 2.53. The van der Waals surface area contributed by atoms with Crippen LogP contribution in [0, 0.1) is 0 Å². The molecule has 0 spiro atoms. The normalized spacial score (nSPS) is 13.5. The van der Waals surface area contributed by atoms with Gasteiger partial charge in [0.25, 0.3) is 0 Å². The van der Waals surface area contributed by atoms with Gasteiger partial charge in [0.2, 0.25) is 11.3 Å². The average molecular weight is 334 g/mol. The smallest absolute Gasteiger partial charge is 0.343 e. The molecule has 1 heterocycles. The van der Waals surface area contributed by atoms with Crippen LogP contribution in [0.3, 0.4) is 0 Å². The lowest BCUT2D eigenvalue weighted by molar-refractivity contribution is -0.121. The number of pyridine rings is 1. The monoisotopic (exact) mass is 334 g/mol. The summed E-state index contributed by atoms with van der Waals surface area (Å²) in [7, 11) is 0. The Morgan fingerprint density at radius 2 is 2.04 bits per heavy atom. The molecule has 0 aliphatic rings. The molecule has 2 unspecified atom stereocenters. The van der Waals surface area contributed by atoms with Crippen LogP contribution in [-0.2, 0) is 9.53 Å². The van der Waals surface area contributed by atoms with Crippen molar-refractivity contribution in [1.29, 1.82) is 0 Å². The van der Waals surface area contributed by atoms with Gasteiger partial charge in [0.05, 0.1) is 19.1 Å². The third-order valence-corrected chi connectivity index (χ3v) is 3.52. The summed E-state index contributed by atoms with van der Waals surface area (Å²) >= 11 is 0. The molecule has 8 heteroatoms. The molecular weight excluding hydrogens is 316 g/mol. The van der Waals surface area contributed by atoms with Crippen molar-refractivity contribution < 1.29 is 24.5 Å². The maximum absolute atomic E-state index is 12.4. The number of aliphatic hydroxyl groups excluding tert-OH is 2. The maximum atomic E-state index is 12.4. The van der Waals surface area contributed by atoms with Crippen molar-refractivity contribution in [3.63, 3.8) is 0 Å². The van der Waals surface area contributed by atoms with E-state index in [-0.39, 0.29) is 23.1 Å². The number of H-pyrrole nitrogens is 1. The highest BCUT2D eigenvalue weighted by atomic mass is 16.5. The van der Waals surface area contributed by atoms with E-state index in [0.717, 1.165) is 0 Å². The first-order valence-corrected chi connectivity index (χ1v) is 7.32. The molecule has 5 N–H and O–H groups in total. The van der Waals surface area contributed by atoms with Gasteiger partial charge in [-0.05, 0) is 24.6 Å². The van der Waals surface area contributed by atoms with Crippen molar-refractivity contribution in [2.45, 2.75) is 25.6 Å². The largest absolute Gasteiger partial charge is 0.462 e. The SMILES string of the molecule is CCOC(=O)c1c[nH]c2ccc(C(O)C(O)CC(N)=O)cc2c1=O. The van der Waals surface area contributed by atoms with Gasteiger partial charge >= 0.3 is 5.97 Å². The summed E-state index contributed by atoms with van der Waals surface area (Å²) in [4.78, 5) is 37.8. The number of aliphatic hydroxyl groups is 2. The Bertz CT molecular complexity index is 829. The molecule has 1 aromatic carbocycles. The fourth-order valence-corrected chi connectivity index (χ4v) is 2.32. The molecule has 2 atom stereocenters. The number of nitrogens with two attached hydrogens (primary N) is 1. The zero-order valence-corrected chi connectivity index (χ0v) is 13.0. The van der Waals surface area contributed by atoms with Crippen LogP contribution in [0.4, 0.5) is 0 Å². The predicted molar refractivity (Wildman–Crippen MR) is 85.3 cm³/mol. The summed E-state index contributed by atoms with van der Waals surface area (Å²) in [6.45, 7) is 1.76. The topological polar surface area (TPSA) is 143 Å². The van der Waals surface area contributed by atoms with Gasteiger partial charge in [-0.2, -0.15) is 0 Å². The van der Waals surface area contributed by atoms with E-state index >= 15 is 0 Å². The van der Waals surface area contributed by atoms with Gasteiger partial charge in [-0.15, -0.1) is 0 Å². The number of nitrogens with one attached hydrogen (secondary N) is 1. The third-order valence-electron chi connectivity index (χ3n) is 3.52. The van der Waals surface area contributed by atoms with Gasteiger partial charge in [0.1, 0.15) is 11.7 Å². The fourth-order valence-electron chi connectivity index (χ4n) is 2.32. The number of benzene rings is 1. The van der Waals surface area contributed by atoms with Gasteiger partial charge in [-0.1, -0.05) is 6.07 Å². The number of ether oxygens (including phenoxy) is 1. The van der Waals surface area contributed by atoms with Crippen LogP contribution in [0.15, 0.2) is 29.2 Å². The van der Waals surface area contributed by atoms with Crippen LogP contribution >= 0.6 is 0 Å². The van der Waals surface area contributed by atoms with Gasteiger partial charge < -0.3 is 25.7 Å². The summed E-state index contributed by atoms with van der Waals surface area (Å²) in [5.41, 5.74) is 4.95. The van der Waals surface area contributed by atoms with Gasteiger partial charge in [-0.3, -0.25) is 9.59 Å². The van der Waals surface area contributed by atoms with Crippen molar-refractivity contribution in [1.82, 2.24) is 4.98 Å². The lowest BCUT2D eigenvalue weighted by Crippen LogP contribution is -2.26. The molecule has 8 nitrogen and oxygen atoms in total. The number of hydrogen-bond acceptors (Lipinski definition) is 6. The number of hydrogen-bond donors (Lipinski definition) is 4. The summed E-state index contributed by atoms with van der Waals surface area (Å²) in [5, 5.41) is 20.0. The number of aromatic nitrogens is 1. The highest BCUT2D eigenvalue weighted by molar-refractivity contribution is 5.93. The van der Waals surface area contributed by atoms with Crippen molar-refractivity contribution >= 4 is 22.8 Å². The molecule has 24 heavy (non-hydrogen) atoms. The molecule has 0 saturated heterocycles. The highest BCUT2D eigenvalue weighted by Gasteiger charge is 2.21. The molecule has 0 fully saturated rings. The van der Waals surface area contributed by atoms with Crippen LogP contribution < -0.4 is 11.2 Å². The second-order valence-corrected chi connectivity index (χ2v) is 5.24. The lowest BCUT2D eigenvalue weighted by Gasteiger charge is -2.17. The summed E-state index contributed by atoms with van der Waals surface area (Å²) in [5.74, 6) is -1.51. The van der Waals surface area contributed by atoms with Crippen LogP contribution in [0.5, 0.6) is 0 Å². The molecule has 0 saturated carbocycles. The molecular formula is C16H18N2O6. The Labute approximate surface area is 136 Å². The second-order valence-electron chi connectivity index (χ2n) is 5.24. The number of aromatic amines is 1. The first-order chi connectivity index (χ1) is 11.3. The Morgan fingerprint density at radius 1 is 1.33 bits per heavy atom. The van der Waals surface area contributed by atoms with Crippen LogP contribution in [-0.4, -0.2) is 39.8 Å². The van der Waals surface area contributed by atoms with Gasteiger partial charge in [0, 0.05) is 17.1 Å². The minimum Gasteiger partial charge on any atom is -0.462 e. The molecule has 0 bridgehead atoms.